The minimum atomic E-state index is -0.666. The van der Waals surface area contributed by atoms with Crippen molar-refractivity contribution in [3.63, 3.8) is 0 Å². The van der Waals surface area contributed by atoms with Crippen molar-refractivity contribution in [3.8, 4) is 0 Å². The monoisotopic (exact) mass is 302 g/mol. The van der Waals surface area contributed by atoms with E-state index in [1.807, 2.05) is 0 Å². The van der Waals surface area contributed by atoms with E-state index in [-0.39, 0.29) is 0 Å². The Bertz CT molecular complexity index is 185. The Morgan fingerprint density at radius 3 is 1.43 bits per heavy atom. The quantitative estimate of drug-likeness (QED) is 0.413. The number of aliphatic hydroxyl groups is 1. The summed E-state index contributed by atoms with van der Waals surface area (Å²) in [7, 11) is 0. The molecule has 0 atom stereocenters. The van der Waals surface area contributed by atoms with Crippen LogP contribution >= 0.6 is 0 Å². The van der Waals surface area contributed by atoms with Crippen molar-refractivity contribution >= 4 is 5.97 Å². The Morgan fingerprint density at radius 2 is 1.05 bits per heavy atom. The van der Waals surface area contributed by atoms with Crippen LogP contribution in [0.2, 0.25) is 0 Å². The normalized spacial score (nSPS) is 10.0. The fourth-order valence-electron chi connectivity index (χ4n) is 2.13. The van der Waals surface area contributed by atoms with E-state index in [9.17, 15) is 4.79 Å². The van der Waals surface area contributed by atoms with E-state index in [0.29, 0.717) is 13.0 Å². The zero-order chi connectivity index (χ0) is 16.2. The first-order chi connectivity index (χ1) is 10.2. The van der Waals surface area contributed by atoms with Gasteiger partial charge in [0, 0.05) is 13.0 Å². The Balaban J connectivity index is 0. The van der Waals surface area contributed by atoms with Crippen molar-refractivity contribution in [2.75, 3.05) is 6.61 Å². The first kappa shape index (κ1) is 22.7. The molecule has 21 heavy (non-hydrogen) atoms. The lowest BCUT2D eigenvalue weighted by atomic mass is 10.1. The summed E-state index contributed by atoms with van der Waals surface area (Å²) < 4.78 is 0. The average molecular weight is 302 g/mol. The molecule has 0 rings (SSSR count). The molecule has 0 heterocycles. The number of aliphatic hydroxyl groups excluding tert-OH is 1. The van der Waals surface area contributed by atoms with Gasteiger partial charge in [-0.3, -0.25) is 4.79 Å². The Labute approximate surface area is 132 Å². The lowest BCUT2D eigenvalue weighted by Gasteiger charge is -1.97. The molecule has 0 aliphatic heterocycles. The van der Waals surface area contributed by atoms with Crippen molar-refractivity contribution in [1.82, 2.24) is 0 Å². The van der Waals surface area contributed by atoms with E-state index < -0.39 is 5.97 Å². The Kier molecular flexibility index (Phi) is 23.5. The van der Waals surface area contributed by atoms with Crippen LogP contribution in [0.5, 0.6) is 0 Å². The smallest absolute Gasteiger partial charge is 0.303 e. The predicted molar refractivity (Wildman–Crippen MR) is 90.7 cm³/mol. The van der Waals surface area contributed by atoms with Crippen LogP contribution in [-0.2, 0) is 4.79 Å². The van der Waals surface area contributed by atoms with Crippen LogP contribution in [0.15, 0.2) is 0 Å². The van der Waals surface area contributed by atoms with Crippen molar-refractivity contribution < 1.29 is 15.0 Å². The zero-order valence-electron chi connectivity index (χ0n) is 14.4. The van der Waals surface area contributed by atoms with Gasteiger partial charge in [0.15, 0.2) is 0 Å². The van der Waals surface area contributed by atoms with E-state index in [4.69, 9.17) is 10.2 Å². The summed E-state index contributed by atoms with van der Waals surface area (Å²) in [6.45, 7) is 4.78. The van der Waals surface area contributed by atoms with Crippen molar-refractivity contribution in [3.05, 3.63) is 0 Å². The van der Waals surface area contributed by atoms with Gasteiger partial charge in [-0.05, 0) is 12.8 Å². The molecule has 0 spiro atoms. The van der Waals surface area contributed by atoms with Crippen molar-refractivity contribution in [1.29, 1.82) is 0 Å². The second-order valence-corrected chi connectivity index (χ2v) is 5.76. The molecular formula is C18H38O3. The van der Waals surface area contributed by atoms with E-state index in [2.05, 4.69) is 13.8 Å². The maximum Gasteiger partial charge on any atom is 0.303 e. The maximum atomic E-state index is 10.1. The molecule has 2 N–H and O–H groups in total. The molecule has 0 aromatic rings. The van der Waals surface area contributed by atoms with Crippen LogP contribution in [0.25, 0.3) is 0 Å². The van der Waals surface area contributed by atoms with Gasteiger partial charge in [-0.25, -0.2) is 0 Å². The first-order valence-electron chi connectivity index (χ1n) is 9.01. The highest BCUT2D eigenvalue weighted by molar-refractivity contribution is 5.66. The molecule has 0 aromatic heterocycles. The summed E-state index contributed by atoms with van der Waals surface area (Å²) in [5, 5.41) is 16.8. The van der Waals surface area contributed by atoms with E-state index in [1.54, 1.807) is 0 Å². The summed E-state index contributed by atoms with van der Waals surface area (Å²) in [5.74, 6) is -0.666. The molecule has 0 saturated carbocycles. The minimum absolute atomic E-state index is 0.339. The van der Waals surface area contributed by atoms with Gasteiger partial charge in [-0.1, -0.05) is 84.5 Å². The van der Waals surface area contributed by atoms with Crippen LogP contribution in [0.3, 0.4) is 0 Å². The molecule has 0 saturated heterocycles. The summed E-state index contributed by atoms with van der Waals surface area (Å²) in [4.78, 5) is 10.1. The van der Waals surface area contributed by atoms with E-state index in [1.165, 1.54) is 64.2 Å². The lowest BCUT2D eigenvalue weighted by molar-refractivity contribution is -0.137. The summed E-state index contributed by atoms with van der Waals surface area (Å²) in [6.07, 6.45) is 16.2. The fraction of sp³-hybridized carbons (Fsp3) is 0.944. The molecule has 0 fully saturated rings. The molecule has 0 radical (unpaired) electrons. The van der Waals surface area contributed by atoms with Gasteiger partial charge in [0.05, 0.1) is 0 Å². The molecule has 0 unspecified atom stereocenters. The summed E-state index contributed by atoms with van der Waals surface area (Å²) >= 11 is 0. The standard InChI is InChI=1S/C9H18O2.C9H20O/c1-2-3-4-5-6-7-8-9(10)11;1-2-3-4-5-6-7-8-9-10/h2-8H2,1H3,(H,10,11);10H,2-9H2,1H3. The first-order valence-corrected chi connectivity index (χ1v) is 9.01. The molecule has 128 valence electrons. The third kappa shape index (κ3) is 28.3. The second-order valence-electron chi connectivity index (χ2n) is 5.76. The number of unbranched alkanes of at least 4 members (excludes halogenated alkanes) is 11. The number of carboxylic acid groups (broad SMARTS) is 1. The van der Waals surface area contributed by atoms with Gasteiger partial charge in [-0.15, -0.1) is 0 Å². The maximum absolute atomic E-state index is 10.1. The third-order valence-electron chi connectivity index (χ3n) is 3.51. The molecule has 3 heteroatoms. The predicted octanol–water partition coefficient (Wildman–Crippen LogP) is 5.55. The number of carbonyl (C=O) groups is 1. The van der Waals surface area contributed by atoms with Crippen LogP contribution in [0.1, 0.15) is 104 Å². The van der Waals surface area contributed by atoms with Gasteiger partial charge >= 0.3 is 5.97 Å². The largest absolute Gasteiger partial charge is 0.481 e. The fourth-order valence-corrected chi connectivity index (χ4v) is 2.13. The van der Waals surface area contributed by atoms with Gasteiger partial charge in [0.25, 0.3) is 0 Å². The number of hydrogen-bond donors (Lipinski definition) is 2. The average Bonchev–Trinajstić information content (AvgIpc) is 2.47. The highest BCUT2D eigenvalue weighted by Gasteiger charge is 1.95. The van der Waals surface area contributed by atoms with Gasteiger partial charge < -0.3 is 10.2 Å². The molecule has 3 nitrogen and oxygen atoms in total. The number of aliphatic carboxylic acids is 1. The third-order valence-corrected chi connectivity index (χ3v) is 3.51. The number of rotatable bonds is 14. The van der Waals surface area contributed by atoms with Crippen LogP contribution in [0, 0.1) is 0 Å². The van der Waals surface area contributed by atoms with Gasteiger partial charge in [0.2, 0.25) is 0 Å². The van der Waals surface area contributed by atoms with E-state index >= 15 is 0 Å². The highest BCUT2D eigenvalue weighted by Crippen LogP contribution is 2.06. The van der Waals surface area contributed by atoms with Gasteiger partial charge in [-0.2, -0.15) is 0 Å². The highest BCUT2D eigenvalue weighted by atomic mass is 16.4. The topological polar surface area (TPSA) is 57.5 Å². The summed E-state index contributed by atoms with van der Waals surface area (Å²) in [5.41, 5.74) is 0. The summed E-state index contributed by atoms with van der Waals surface area (Å²) in [6, 6.07) is 0. The molecule has 0 aromatic carbocycles. The van der Waals surface area contributed by atoms with Crippen molar-refractivity contribution in [2.24, 2.45) is 0 Å². The lowest BCUT2D eigenvalue weighted by Crippen LogP contribution is -1.93. The number of carboxylic acids is 1. The second kappa shape index (κ2) is 21.7. The van der Waals surface area contributed by atoms with Crippen molar-refractivity contribution in [2.45, 2.75) is 104 Å². The molecule has 0 bridgehead atoms. The van der Waals surface area contributed by atoms with Crippen LogP contribution in [-0.4, -0.2) is 22.8 Å². The Hall–Kier alpha value is -0.570. The SMILES string of the molecule is CCCCCCCCC(=O)O.CCCCCCCCCO. The number of hydrogen-bond acceptors (Lipinski definition) is 2. The van der Waals surface area contributed by atoms with E-state index in [0.717, 1.165) is 19.3 Å². The van der Waals surface area contributed by atoms with Crippen LogP contribution in [0.4, 0.5) is 0 Å². The molecular weight excluding hydrogens is 264 g/mol. The molecule has 0 amide bonds. The van der Waals surface area contributed by atoms with Gasteiger partial charge in [0.1, 0.15) is 0 Å². The zero-order valence-corrected chi connectivity index (χ0v) is 14.4. The minimum Gasteiger partial charge on any atom is -0.481 e. The molecule has 0 aliphatic rings. The van der Waals surface area contributed by atoms with Crippen LogP contribution < -0.4 is 0 Å². The molecule has 0 aliphatic carbocycles. The Morgan fingerprint density at radius 1 is 0.667 bits per heavy atom.